The summed E-state index contributed by atoms with van der Waals surface area (Å²) in [6.07, 6.45) is 3.31. The van der Waals surface area contributed by atoms with E-state index in [1.165, 1.54) is 0 Å². The Morgan fingerprint density at radius 3 is 3.06 bits per heavy atom. The standard InChI is InChI=1S/C13H17BrN2O2/c1-13(2)9-16(8-11(6-14)18-13)12(17)10-4-3-5-15-7-10/h3-5,7,11H,6,8-9H2,1-2H3. The Hall–Kier alpha value is -0.940. The Bertz CT molecular complexity index is 422. The average molecular weight is 313 g/mol. The van der Waals surface area contributed by atoms with Crippen molar-refractivity contribution in [1.82, 2.24) is 9.88 Å². The van der Waals surface area contributed by atoms with Crippen LogP contribution < -0.4 is 0 Å². The second-order valence-corrected chi connectivity index (χ2v) is 5.73. The average Bonchev–Trinajstić information content (AvgIpc) is 2.37. The maximum absolute atomic E-state index is 12.4. The molecule has 1 aromatic rings. The van der Waals surface area contributed by atoms with Crippen LogP contribution in [0.25, 0.3) is 0 Å². The number of ether oxygens (including phenoxy) is 1. The maximum Gasteiger partial charge on any atom is 0.255 e. The number of morpholine rings is 1. The molecule has 5 heteroatoms. The van der Waals surface area contributed by atoms with Gasteiger partial charge in [-0.3, -0.25) is 9.78 Å². The van der Waals surface area contributed by atoms with E-state index in [0.717, 1.165) is 5.33 Å². The summed E-state index contributed by atoms with van der Waals surface area (Å²) in [5.41, 5.74) is 0.317. The molecule has 0 bridgehead atoms. The lowest BCUT2D eigenvalue weighted by atomic mass is 10.0. The fourth-order valence-electron chi connectivity index (χ4n) is 2.20. The minimum Gasteiger partial charge on any atom is -0.368 e. The molecule has 1 aromatic heterocycles. The molecule has 0 spiro atoms. The van der Waals surface area contributed by atoms with Crippen molar-refractivity contribution in [3.8, 4) is 0 Å². The number of carbonyl (C=O) groups excluding carboxylic acids is 1. The zero-order chi connectivity index (χ0) is 13.2. The van der Waals surface area contributed by atoms with E-state index in [9.17, 15) is 4.79 Å². The molecule has 4 nitrogen and oxygen atoms in total. The summed E-state index contributed by atoms with van der Waals surface area (Å²) in [4.78, 5) is 18.2. The molecule has 98 valence electrons. The second kappa shape index (κ2) is 5.36. The molecule has 1 atom stereocenters. The zero-order valence-corrected chi connectivity index (χ0v) is 12.2. The van der Waals surface area contributed by atoms with Crippen LogP contribution in [0.2, 0.25) is 0 Å². The minimum absolute atomic E-state index is 0.0189. The van der Waals surface area contributed by atoms with Crippen molar-refractivity contribution in [1.29, 1.82) is 0 Å². The predicted octanol–water partition coefficient (Wildman–Crippen LogP) is 2.10. The quantitative estimate of drug-likeness (QED) is 0.785. The molecule has 2 heterocycles. The predicted molar refractivity (Wildman–Crippen MR) is 72.9 cm³/mol. The molecular formula is C13H17BrN2O2. The van der Waals surface area contributed by atoms with Gasteiger partial charge in [0.15, 0.2) is 0 Å². The Balaban J connectivity index is 2.15. The Kier molecular flexibility index (Phi) is 4.02. The van der Waals surface area contributed by atoms with Crippen LogP contribution in [-0.4, -0.2) is 45.9 Å². The fourth-order valence-corrected chi connectivity index (χ4v) is 2.54. The van der Waals surface area contributed by atoms with Crippen LogP contribution in [0, 0.1) is 0 Å². The monoisotopic (exact) mass is 312 g/mol. The van der Waals surface area contributed by atoms with Gasteiger partial charge in [0.2, 0.25) is 0 Å². The number of nitrogens with zero attached hydrogens (tertiary/aromatic N) is 2. The zero-order valence-electron chi connectivity index (χ0n) is 10.6. The number of carbonyl (C=O) groups is 1. The number of halogens is 1. The van der Waals surface area contributed by atoms with Crippen LogP contribution in [0.5, 0.6) is 0 Å². The molecule has 0 aliphatic carbocycles. The van der Waals surface area contributed by atoms with E-state index in [2.05, 4.69) is 20.9 Å². The lowest BCUT2D eigenvalue weighted by Gasteiger charge is -2.42. The summed E-state index contributed by atoms with van der Waals surface area (Å²) >= 11 is 3.42. The van der Waals surface area contributed by atoms with Gasteiger partial charge in [-0.15, -0.1) is 0 Å². The molecule has 1 fully saturated rings. The van der Waals surface area contributed by atoms with E-state index in [0.29, 0.717) is 18.7 Å². The lowest BCUT2D eigenvalue weighted by molar-refractivity contribution is -0.116. The molecule has 18 heavy (non-hydrogen) atoms. The number of rotatable bonds is 2. The number of hydrogen-bond donors (Lipinski definition) is 0. The van der Waals surface area contributed by atoms with Gasteiger partial charge in [0.25, 0.3) is 5.91 Å². The third kappa shape index (κ3) is 3.09. The largest absolute Gasteiger partial charge is 0.368 e. The van der Waals surface area contributed by atoms with E-state index < -0.39 is 0 Å². The minimum atomic E-state index is -0.311. The van der Waals surface area contributed by atoms with Gasteiger partial charge in [-0.2, -0.15) is 0 Å². The molecule has 1 amide bonds. The van der Waals surface area contributed by atoms with E-state index in [4.69, 9.17) is 4.74 Å². The van der Waals surface area contributed by atoms with Crippen LogP contribution in [0.3, 0.4) is 0 Å². The highest BCUT2D eigenvalue weighted by Gasteiger charge is 2.35. The van der Waals surface area contributed by atoms with E-state index in [1.807, 2.05) is 18.7 Å². The number of pyridine rings is 1. The summed E-state index contributed by atoms with van der Waals surface area (Å²) in [5, 5.41) is 0.729. The molecule has 0 radical (unpaired) electrons. The van der Waals surface area contributed by atoms with Crippen molar-refractivity contribution in [2.75, 3.05) is 18.4 Å². The Morgan fingerprint density at radius 1 is 1.67 bits per heavy atom. The van der Waals surface area contributed by atoms with Crippen LogP contribution in [0.1, 0.15) is 24.2 Å². The number of amides is 1. The molecule has 1 aliphatic rings. The molecular weight excluding hydrogens is 296 g/mol. The highest BCUT2D eigenvalue weighted by molar-refractivity contribution is 9.09. The van der Waals surface area contributed by atoms with Crippen molar-refractivity contribution in [2.24, 2.45) is 0 Å². The third-order valence-electron chi connectivity index (χ3n) is 2.85. The smallest absolute Gasteiger partial charge is 0.255 e. The first-order chi connectivity index (χ1) is 8.52. The molecule has 2 rings (SSSR count). The topological polar surface area (TPSA) is 42.4 Å². The fraction of sp³-hybridized carbons (Fsp3) is 0.538. The first-order valence-electron chi connectivity index (χ1n) is 5.95. The van der Waals surface area contributed by atoms with Crippen molar-refractivity contribution < 1.29 is 9.53 Å². The van der Waals surface area contributed by atoms with Crippen molar-refractivity contribution in [2.45, 2.75) is 25.6 Å². The van der Waals surface area contributed by atoms with Gasteiger partial charge in [-0.25, -0.2) is 0 Å². The maximum atomic E-state index is 12.4. The van der Waals surface area contributed by atoms with Gasteiger partial charge < -0.3 is 9.64 Å². The van der Waals surface area contributed by atoms with Gasteiger partial charge in [0, 0.05) is 30.8 Å². The summed E-state index contributed by atoms with van der Waals surface area (Å²) in [5.74, 6) is 0.0189. The first kappa shape index (κ1) is 13.5. The highest BCUT2D eigenvalue weighted by Crippen LogP contribution is 2.23. The van der Waals surface area contributed by atoms with Gasteiger partial charge in [-0.05, 0) is 26.0 Å². The molecule has 1 unspecified atom stereocenters. The van der Waals surface area contributed by atoms with Gasteiger partial charge in [-0.1, -0.05) is 15.9 Å². The van der Waals surface area contributed by atoms with Crippen LogP contribution in [-0.2, 0) is 4.74 Å². The number of hydrogen-bond acceptors (Lipinski definition) is 3. The van der Waals surface area contributed by atoms with Crippen molar-refractivity contribution in [3.63, 3.8) is 0 Å². The summed E-state index contributed by atoms with van der Waals surface area (Å²) in [6.45, 7) is 5.23. The Morgan fingerprint density at radius 2 is 2.44 bits per heavy atom. The van der Waals surface area contributed by atoms with Crippen LogP contribution in [0.4, 0.5) is 0 Å². The van der Waals surface area contributed by atoms with Gasteiger partial charge in [0.1, 0.15) is 0 Å². The second-order valence-electron chi connectivity index (χ2n) is 5.08. The lowest BCUT2D eigenvalue weighted by Crippen LogP contribution is -2.55. The number of alkyl halides is 1. The summed E-state index contributed by atoms with van der Waals surface area (Å²) in [6, 6.07) is 3.57. The van der Waals surface area contributed by atoms with E-state index in [1.54, 1.807) is 24.5 Å². The van der Waals surface area contributed by atoms with Crippen molar-refractivity contribution >= 4 is 21.8 Å². The third-order valence-corrected chi connectivity index (χ3v) is 3.57. The van der Waals surface area contributed by atoms with Crippen LogP contribution in [0.15, 0.2) is 24.5 Å². The van der Waals surface area contributed by atoms with E-state index >= 15 is 0 Å². The van der Waals surface area contributed by atoms with E-state index in [-0.39, 0.29) is 17.6 Å². The Labute approximate surface area is 115 Å². The highest BCUT2D eigenvalue weighted by atomic mass is 79.9. The van der Waals surface area contributed by atoms with Gasteiger partial charge >= 0.3 is 0 Å². The van der Waals surface area contributed by atoms with Gasteiger partial charge in [0.05, 0.1) is 17.3 Å². The normalized spacial score (nSPS) is 22.8. The first-order valence-corrected chi connectivity index (χ1v) is 7.07. The summed E-state index contributed by atoms with van der Waals surface area (Å²) < 4.78 is 5.88. The molecule has 0 aromatic carbocycles. The molecule has 1 saturated heterocycles. The molecule has 0 saturated carbocycles. The number of aromatic nitrogens is 1. The van der Waals surface area contributed by atoms with Crippen molar-refractivity contribution in [3.05, 3.63) is 30.1 Å². The molecule has 0 N–H and O–H groups in total. The molecule has 1 aliphatic heterocycles. The SMILES string of the molecule is CC1(C)CN(C(=O)c2cccnc2)CC(CBr)O1. The summed E-state index contributed by atoms with van der Waals surface area (Å²) in [7, 11) is 0. The van der Waals surface area contributed by atoms with Crippen LogP contribution >= 0.6 is 15.9 Å².